The number of hydrogen-bond acceptors (Lipinski definition) is 6. The highest BCUT2D eigenvalue weighted by Gasteiger charge is 2.08. The summed E-state index contributed by atoms with van der Waals surface area (Å²) in [5.74, 6) is 7.74. The summed E-state index contributed by atoms with van der Waals surface area (Å²) in [7, 11) is 0. The molecule has 0 aliphatic carbocycles. The van der Waals surface area contributed by atoms with Gasteiger partial charge in [0.05, 0.1) is 0 Å². The van der Waals surface area contributed by atoms with Gasteiger partial charge >= 0.3 is 0 Å². The Bertz CT molecular complexity index is 526. The SMILES string of the molecule is CCCc1nc(NN)cc(NC(C)Cc2ccsc2)n1. The van der Waals surface area contributed by atoms with Crippen LogP contribution < -0.4 is 16.6 Å². The summed E-state index contributed by atoms with van der Waals surface area (Å²) >= 11 is 1.72. The maximum atomic E-state index is 5.46. The van der Waals surface area contributed by atoms with E-state index in [0.717, 1.165) is 30.9 Å². The molecule has 5 nitrogen and oxygen atoms in total. The molecule has 0 aliphatic rings. The van der Waals surface area contributed by atoms with Crippen molar-refractivity contribution < 1.29 is 0 Å². The maximum Gasteiger partial charge on any atom is 0.145 e. The van der Waals surface area contributed by atoms with Crippen molar-refractivity contribution in [2.45, 2.75) is 39.2 Å². The zero-order chi connectivity index (χ0) is 14.4. The second-order valence-electron chi connectivity index (χ2n) is 4.83. The van der Waals surface area contributed by atoms with Crippen LogP contribution >= 0.6 is 11.3 Å². The summed E-state index contributed by atoms with van der Waals surface area (Å²) in [6.45, 7) is 4.26. The highest BCUT2D eigenvalue weighted by atomic mass is 32.1. The molecule has 2 aromatic heterocycles. The molecule has 0 aromatic carbocycles. The van der Waals surface area contributed by atoms with Gasteiger partial charge in [-0.3, -0.25) is 0 Å². The second kappa shape index (κ2) is 7.21. The van der Waals surface area contributed by atoms with Gasteiger partial charge in [0, 0.05) is 18.5 Å². The number of nitrogen functional groups attached to an aromatic ring is 1. The van der Waals surface area contributed by atoms with E-state index in [9.17, 15) is 0 Å². The zero-order valence-corrected chi connectivity index (χ0v) is 12.7. The third kappa shape index (κ3) is 4.18. The van der Waals surface area contributed by atoms with Crippen LogP contribution in [0.15, 0.2) is 22.9 Å². The van der Waals surface area contributed by atoms with Gasteiger partial charge in [0.15, 0.2) is 0 Å². The molecule has 4 N–H and O–H groups in total. The average Bonchev–Trinajstić information content (AvgIpc) is 2.91. The van der Waals surface area contributed by atoms with Gasteiger partial charge in [-0.1, -0.05) is 6.92 Å². The van der Waals surface area contributed by atoms with E-state index in [4.69, 9.17) is 5.84 Å². The Morgan fingerprint density at radius 2 is 2.15 bits per heavy atom. The normalized spacial score (nSPS) is 12.2. The summed E-state index contributed by atoms with van der Waals surface area (Å²) in [5, 5.41) is 7.69. The van der Waals surface area contributed by atoms with Crippen LogP contribution in [0.1, 0.15) is 31.7 Å². The van der Waals surface area contributed by atoms with E-state index in [1.54, 1.807) is 11.3 Å². The third-order valence-corrected chi connectivity index (χ3v) is 3.64. The molecule has 2 heterocycles. The Labute approximate surface area is 123 Å². The van der Waals surface area contributed by atoms with Crippen molar-refractivity contribution in [3.05, 3.63) is 34.3 Å². The summed E-state index contributed by atoms with van der Waals surface area (Å²) in [6.07, 6.45) is 2.84. The summed E-state index contributed by atoms with van der Waals surface area (Å²) in [4.78, 5) is 8.86. The molecule has 2 aromatic rings. The molecule has 2 rings (SSSR count). The molecule has 1 unspecified atom stereocenters. The Morgan fingerprint density at radius 1 is 1.35 bits per heavy atom. The van der Waals surface area contributed by atoms with Gasteiger partial charge < -0.3 is 10.7 Å². The van der Waals surface area contributed by atoms with Crippen LogP contribution in [0.4, 0.5) is 11.6 Å². The summed E-state index contributed by atoms with van der Waals surface area (Å²) in [5.41, 5.74) is 3.94. The topological polar surface area (TPSA) is 75.9 Å². The van der Waals surface area contributed by atoms with Gasteiger partial charge in [-0.25, -0.2) is 15.8 Å². The van der Waals surface area contributed by atoms with E-state index in [-0.39, 0.29) is 0 Å². The Morgan fingerprint density at radius 3 is 2.80 bits per heavy atom. The molecule has 6 heteroatoms. The lowest BCUT2D eigenvalue weighted by Gasteiger charge is -2.15. The molecule has 108 valence electrons. The van der Waals surface area contributed by atoms with Crippen molar-refractivity contribution in [2.24, 2.45) is 5.84 Å². The fraction of sp³-hybridized carbons (Fsp3) is 0.429. The van der Waals surface area contributed by atoms with Crippen LogP contribution in [-0.2, 0) is 12.8 Å². The number of hydrogen-bond donors (Lipinski definition) is 3. The van der Waals surface area contributed by atoms with Crippen molar-refractivity contribution in [3.8, 4) is 0 Å². The molecule has 0 amide bonds. The van der Waals surface area contributed by atoms with Crippen LogP contribution in [0.25, 0.3) is 0 Å². The van der Waals surface area contributed by atoms with E-state index in [0.29, 0.717) is 11.9 Å². The monoisotopic (exact) mass is 291 g/mol. The molecule has 0 spiro atoms. The fourth-order valence-electron chi connectivity index (χ4n) is 2.05. The molecule has 1 atom stereocenters. The molecule has 0 saturated carbocycles. The van der Waals surface area contributed by atoms with Gasteiger partial charge in [-0.2, -0.15) is 11.3 Å². The van der Waals surface area contributed by atoms with E-state index in [1.165, 1.54) is 5.56 Å². The van der Waals surface area contributed by atoms with E-state index >= 15 is 0 Å². The number of anilines is 2. The van der Waals surface area contributed by atoms with E-state index in [2.05, 4.69) is 51.4 Å². The van der Waals surface area contributed by atoms with Crippen molar-refractivity contribution in [3.63, 3.8) is 0 Å². The van der Waals surface area contributed by atoms with Crippen molar-refractivity contribution in [2.75, 3.05) is 10.7 Å². The fourth-order valence-corrected chi connectivity index (χ4v) is 2.73. The van der Waals surface area contributed by atoms with Crippen LogP contribution in [-0.4, -0.2) is 16.0 Å². The predicted octanol–water partition coefficient (Wildman–Crippen LogP) is 2.82. The number of nitrogens with zero attached hydrogens (tertiary/aromatic N) is 2. The number of aromatic nitrogens is 2. The van der Waals surface area contributed by atoms with E-state index < -0.39 is 0 Å². The van der Waals surface area contributed by atoms with Gasteiger partial charge in [-0.15, -0.1) is 0 Å². The number of rotatable bonds is 7. The largest absolute Gasteiger partial charge is 0.367 e. The highest BCUT2D eigenvalue weighted by molar-refractivity contribution is 7.07. The first-order valence-corrected chi connectivity index (χ1v) is 7.77. The van der Waals surface area contributed by atoms with Crippen LogP contribution in [0.3, 0.4) is 0 Å². The molecule has 0 radical (unpaired) electrons. The maximum absolute atomic E-state index is 5.46. The first-order valence-electron chi connectivity index (χ1n) is 6.83. The lowest BCUT2D eigenvalue weighted by Crippen LogP contribution is -2.20. The Hall–Kier alpha value is -1.66. The van der Waals surface area contributed by atoms with Gasteiger partial charge in [-0.05, 0) is 42.2 Å². The van der Waals surface area contributed by atoms with Gasteiger partial charge in [0.1, 0.15) is 17.5 Å². The lowest BCUT2D eigenvalue weighted by atomic mass is 10.1. The Balaban J connectivity index is 2.05. The standard InChI is InChI=1S/C14H21N5S/c1-3-4-12-17-13(8-14(18-12)19-15)16-10(2)7-11-5-6-20-9-11/h5-6,8-10H,3-4,7,15H2,1-2H3,(H2,16,17,18,19). The average molecular weight is 291 g/mol. The third-order valence-electron chi connectivity index (χ3n) is 2.91. The van der Waals surface area contributed by atoms with Crippen LogP contribution in [0.2, 0.25) is 0 Å². The molecule has 20 heavy (non-hydrogen) atoms. The smallest absolute Gasteiger partial charge is 0.145 e. The molecule has 0 saturated heterocycles. The molecule has 0 aliphatic heterocycles. The van der Waals surface area contributed by atoms with Crippen molar-refractivity contribution in [1.29, 1.82) is 0 Å². The van der Waals surface area contributed by atoms with E-state index in [1.807, 2.05) is 6.07 Å². The summed E-state index contributed by atoms with van der Waals surface area (Å²) in [6, 6.07) is 4.29. The van der Waals surface area contributed by atoms with Crippen LogP contribution in [0, 0.1) is 0 Å². The summed E-state index contributed by atoms with van der Waals surface area (Å²) < 4.78 is 0. The number of nitrogens with two attached hydrogens (primary N) is 1. The van der Waals surface area contributed by atoms with Crippen molar-refractivity contribution in [1.82, 2.24) is 9.97 Å². The number of nitrogens with one attached hydrogen (secondary N) is 2. The molecule has 0 bridgehead atoms. The van der Waals surface area contributed by atoms with Crippen molar-refractivity contribution >= 4 is 23.0 Å². The van der Waals surface area contributed by atoms with Gasteiger partial charge in [0.2, 0.25) is 0 Å². The molecule has 0 fully saturated rings. The number of hydrazine groups is 1. The molecular formula is C14H21N5S. The predicted molar refractivity (Wildman–Crippen MR) is 84.9 cm³/mol. The highest BCUT2D eigenvalue weighted by Crippen LogP contribution is 2.15. The van der Waals surface area contributed by atoms with Crippen LogP contribution in [0.5, 0.6) is 0 Å². The number of aryl methyl sites for hydroxylation is 1. The number of thiophene rings is 1. The second-order valence-corrected chi connectivity index (χ2v) is 5.61. The first-order chi connectivity index (χ1) is 9.71. The lowest BCUT2D eigenvalue weighted by molar-refractivity contribution is 0.776. The minimum Gasteiger partial charge on any atom is -0.367 e. The first kappa shape index (κ1) is 14.7. The zero-order valence-electron chi connectivity index (χ0n) is 11.9. The minimum atomic E-state index is 0.305. The Kier molecular flexibility index (Phi) is 5.31. The molecular weight excluding hydrogens is 270 g/mol. The quantitative estimate of drug-likeness (QED) is 0.540. The van der Waals surface area contributed by atoms with Gasteiger partial charge in [0.25, 0.3) is 0 Å². The minimum absolute atomic E-state index is 0.305.